The summed E-state index contributed by atoms with van der Waals surface area (Å²) >= 11 is 0. The van der Waals surface area contributed by atoms with Crippen LogP contribution in [0.4, 0.5) is 5.69 Å². The Hall–Kier alpha value is -1.26. The zero-order valence-corrected chi connectivity index (χ0v) is 13.7. The van der Waals surface area contributed by atoms with Gasteiger partial charge in [0.2, 0.25) is 0 Å². The van der Waals surface area contributed by atoms with Crippen molar-refractivity contribution in [2.75, 3.05) is 38.8 Å². The molecule has 1 atom stereocenters. The number of hydrogen-bond acceptors (Lipinski definition) is 4. The van der Waals surface area contributed by atoms with E-state index in [1.54, 1.807) is 14.2 Å². The Labute approximate surface area is 128 Å². The molecule has 0 bridgehead atoms. The summed E-state index contributed by atoms with van der Waals surface area (Å²) in [5, 5.41) is 3.51. The molecular formula is C17H28N2O2. The molecule has 0 saturated heterocycles. The van der Waals surface area contributed by atoms with Crippen LogP contribution in [0.5, 0.6) is 5.75 Å². The number of nitrogens with one attached hydrogen (secondary N) is 1. The van der Waals surface area contributed by atoms with E-state index in [9.17, 15) is 0 Å². The number of anilines is 1. The molecule has 21 heavy (non-hydrogen) atoms. The predicted molar refractivity (Wildman–Crippen MR) is 87.3 cm³/mol. The summed E-state index contributed by atoms with van der Waals surface area (Å²) in [4.78, 5) is 2.48. The predicted octanol–water partition coefficient (Wildman–Crippen LogP) is 2.98. The molecule has 1 aromatic rings. The monoisotopic (exact) mass is 292 g/mol. The molecule has 2 rings (SSSR count). The molecule has 0 aromatic heterocycles. The van der Waals surface area contributed by atoms with Crippen molar-refractivity contribution >= 4 is 5.69 Å². The van der Waals surface area contributed by atoms with Crippen LogP contribution >= 0.6 is 0 Å². The fraction of sp³-hybridized carbons (Fsp3) is 0.647. The Morgan fingerprint density at radius 1 is 1.33 bits per heavy atom. The third-order valence-electron chi connectivity index (χ3n) is 4.04. The topological polar surface area (TPSA) is 33.7 Å². The Morgan fingerprint density at radius 2 is 2.10 bits per heavy atom. The number of nitrogens with zero attached hydrogens (tertiary/aromatic N) is 1. The van der Waals surface area contributed by atoms with Crippen molar-refractivity contribution in [1.82, 2.24) is 5.32 Å². The van der Waals surface area contributed by atoms with Gasteiger partial charge in [-0.1, -0.05) is 13.0 Å². The van der Waals surface area contributed by atoms with Crippen molar-refractivity contribution in [3.05, 3.63) is 23.8 Å². The highest BCUT2D eigenvalue weighted by Gasteiger charge is 2.31. The third-order valence-corrected chi connectivity index (χ3v) is 4.04. The van der Waals surface area contributed by atoms with Gasteiger partial charge < -0.3 is 19.7 Å². The van der Waals surface area contributed by atoms with Gasteiger partial charge in [0, 0.05) is 37.0 Å². The second kappa shape index (κ2) is 7.66. The molecule has 0 radical (unpaired) electrons. The van der Waals surface area contributed by atoms with Gasteiger partial charge in [0.1, 0.15) is 5.75 Å². The highest BCUT2D eigenvalue weighted by Crippen LogP contribution is 2.39. The van der Waals surface area contributed by atoms with Crippen LogP contribution in [0.25, 0.3) is 0 Å². The molecular weight excluding hydrogens is 264 g/mol. The first-order valence-electron chi connectivity index (χ1n) is 7.88. The molecule has 1 aliphatic rings. The first kappa shape index (κ1) is 16.1. The minimum Gasteiger partial charge on any atom is -0.496 e. The lowest BCUT2D eigenvalue weighted by molar-refractivity contribution is 0.205. The van der Waals surface area contributed by atoms with Crippen LogP contribution in [0.15, 0.2) is 18.2 Å². The van der Waals surface area contributed by atoms with Crippen molar-refractivity contribution in [3.63, 3.8) is 0 Å². The average Bonchev–Trinajstić information content (AvgIpc) is 3.32. The second-order valence-electron chi connectivity index (χ2n) is 5.59. The zero-order valence-electron chi connectivity index (χ0n) is 13.7. The van der Waals surface area contributed by atoms with Gasteiger partial charge in [-0.25, -0.2) is 0 Å². The molecule has 4 nitrogen and oxygen atoms in total. The highest BCUT2D eigenvalue weighted by atomic mass is 16.5. The normalized spacial score (nSPS) is 15.8. The van der Waals surface area contributed by atoms with Crippen LogP contribution < -0.4 is 15.0 Å². The maximum Gasteiger partial charge on any atom is 0.125 e. The summed E-state index contributed by atoms with van der Waals surface area (Å²) in [6.45, 7) is 6.96. The lowest BCUT2D eigenvalue weighted by Gasteiger charge is -2.30. The summed E-state index contributed by atoms with van der Waals surface area (Å²) in [6.07, 6.45) is 2.55. The van der Waals surface area contributed by atoms with E-state index in [1.807, 2.05) is 6.07 Å². The number of methoxy groups -OCH3 is 2. The van der Waals surface area contributed by atoms with Crippen LogP contribution in [-0.2, 0) is 4.74 Å². The number of hydrogen-bond donors (Lipinski definition) is 1. The lowest BCUT2D eigenvalue weighted by atomic mass is 10.0. The molecule has 1 unspecified atom stereocenters. The molecule has 1 N–H and O–H groups in total. The van der Waals surface area contributed by atoms with Crippen molar-refractivity contribution in [2.45, 2.75) is 38.8 Å². The molecule has 1 saturated carbocycles. The van der Waals surface area contributed by atoms with Gasteiger partial charge in [-0.2, -0.15) is 0 Å². The van der Waals surface area contributed by atoms with E-state index in [4.69, 9.17) is 9.47 Å². The fourth-order valence-corrected chi connectivity index (χ4v) is 2.88. The fourth-order valence-electron chi connectivity index (χ4n) is 2.88. The molecule has 1 aliphatic carbocycles. The van der Waals surface area contributed by atoms with Gasteiger partial charge in [0.05, 0.1) is 13.7 Å². The molecule has 4 heteroatoms. The summed E-state index contributed by atoms with van der Waals surface area (Å²) in [6, 6.07) is 7.26. The smallest absolute Gasteiger partial charge is 0.125 e. The minimum atomic E-state index is 0.268. The quantitative estimate of drug-likeness (QED) is 0.758. The minimum absolute atomic E-state index is 0.268. The van der Waals surface area contributed by atoms with Crippen molar-refractivity contribution in [1.29, 1.82) is 0 Å². The third kappa shape index (κ3) is 3.89. The molecule has 0 amide bonds. The summed E-state index contributed by atoms with van der Waals surface area (Å²) in [7, 11) is 3.51. The first-order valence-corrected chi connectivity index (χ1v) is 7.88. The van der Waals surface area contributed by atoms with E-state index >= 15 is 0 Å². The Balaban J connectivity index is 2.35. The summed E-state index contributed by atoms with van der Waals surface area (Å²) < 4.78 is 10.9. The molecule has 0 spiro atoms. The maximum absolute atomic E-state index is 5.61. The summed E-state index contributed by atoms with van der Waals surface area (Å²) in [5.41, 5.74) is 2.53. The average molecular weight is 292 g/mol. The van der Waals surface area contributed by atoms with Gasteiger partial charge in [0.25, 0.3) is 0 Å². The SMILES string of the molecule is CCNC(C)c1c(OC)cccc1N(CCOC)C1CC1. The standard InChI is InChI=1S/C17H28N2O2/c1-5-18-13(2)17-15(7-6-8-16(17)21-4)19(11-12-20-3)14-9-10-14/h6-8,13-14,18H,5,9-12H2,1-4H3. The van der Waals surface area contributed by atoms with E-state index in [-0.39, 0.29) is 6.04 Å². The van der Waals surface area contributed by atoms with Gasteiger partial charge >= 0.3 is 0 Å². The lowest BCUT2D eigenvalue weighted by Crippen LogP contribution is -2.32. The molecule has 0 aliphatic heterocycles. The Bertz CT molecular complexity index is 446. The van der Waals surface area contributed by atoms with E-state index in [0.717, 1.165) is 25.4 Å². The van der Waals surface area contributed by atoms with Crippen LogP contribution in [-0.4, -0.2) is 40.0 Å². The van der Waals surface area contributed by atoms with Gasteiger partial charge in [-0.15, -0.1) is 0 Å². The molecule has 1 fully saturated rings. The van der Waals surface area contributed by atoms with Crippen LogP contribution in [0.2, 0.25) is 0 Å². The zero-order chi connectivity index (χ0) is 15.2. The molecule has 118 valence electrons. The van der Waals surface area contributed by atoms with Gasteiger partial charge in [0.15, 0.2) is 0 Å². The van der Waals surface area contributed by atoms with Crippen molar-refractivity contribution in [3.8, 4) is 5.75 Å². The van der Waals surface area contributed by atoms with Crippen LogP contribution in [0.1, 0.15) is 38.3 Å². The molecule has 0 heterocycles. The van der Waals surface area contributed by atoms with E-state index in [1.165, 1.54) is 24.1 Å². The first-order chi connectivity index (χ1) is 10.2. The van der Waals surface area contributed by atoms with Crippen molar-refractivity contribution < 1.29 is 9.47 Å². The van der Waals surface area contributed by atoms with Gasteiger partial charge in [-0.05, 0) is 38.4 Å². The highest BCUT2D eigenvalue weighted by molar-refractivity contribution is 5.62. The van der Waals surface area contributed by atoms with E-state index < -0.39 is 0 Å². The Morgan fingerprint density at radius 3 is 2.67 bits per heavy atom. The van der Waals surface area contributed by atoms with E-state index in [2.05, 4.69) is 36.2 Å². The summed E-state index contributed by atoms with van der Waals surface area (Å²) in [5.74, 6) is 0.962. The van der Waals surface area contributed by atoms with Crippen molar-refractivity contribution in [2.24, 2.45) is 0 Å². The second-order valence-corrected chi connectivity index (χ2v) is 5.59. The maximum atomic E-state index is 5.61. The largest absolute Gasteiger partial charge is 0.496 e. The van der Waals surface area contributed by atoms with E-state index in [0.29, 0.717) is 6.04 Å². The number of benzene rings is 1. The van der Waals surface area contributed by atoms with Gasteiger partial charge in [-0.3, -0.25) is 0 Å². The number of rotatable bonds is 9. The Kier molecular flexibility index (Phi) is 5.88. The van der Waals surface area contributed by atoms with Crippen LogP contribution in [0.3, 0.4) is 0 Å². The molecule has 1 aromatic carbocycles. The number of ether oxygens (including phenoxy) is 2. The van der Waals surface area contributed by atoms with Crippen LogP contribution in [0, 0.1) is 0 Å².